The molecule has 1 aromatic heterocycles. The van der Waals surface area contributed by atoms with Gasteiger partial charge in [0.2, 0.25) is 5.88 Å². The molecule has 2 N–H and O–H groups in total. The Bertz CT molecular complexity index is 594. The highest BCUT2D eigenvalue weighted by molar-refractivity contribution is 5.49. The van der Waals surface area contributed by atoms with E-state index < -0.39 is 0 Å². The lowest BCUT2D eigenvalue weighted by molar-refractivity contribution is 0.448. The van der Waals surface area contributed by atoms with Crippen molar-refractivity contribution in [3.05, 3.63) is 41.2 Å². The second-order valence-electron chi connectivity index (χ2n) is 4.93. The normalized spacial score (nSPS) is 10.8. The van der Waals surface area contributed by atoms with Gasteiger partial charge in [-0.25, -0.2) is 9.97 Å². The number of nitrogens with zero attached hydrogens (tertiary/aromatic N) is 2. The Balaban J connectivity index is 2.44. The van der Waals surface area contributed by atoms with Gasteiger partial charge in [0.15, 0.2) is 0 Å². The number of aromatic nitrogens is 2. The molecule has 0 aliphatic carbocycles. The average Bonchev–Trinajstić information content (AvgIpc) is 2.34. The molecule has 0 radical (unpaired) electrons. The standard InChI is InChI=1S/C15H19N3O/c1-9(2)13-14(16)17-8-18-15(13)19-12-7-5-6-10(3)11(12)4/h5-9H,1-4H3,(H2,16,17,18). The minimum absolute atomic E-state index is 0.210. The second kappa shape index (κ2) is 5.26. The van der Waals surface area contributed by atoms with Crippen molar-refractivity contribution in [3.8, 4) is 11.6 Å². The summed E-state index contributed by atoms with van der Waals surface area (Å²) in [4.78, 5) is 8.24. The van der Waals surface area contributed by atoms with Gasteiger partial charge in [-0.2, -0.15) is 0 Å². The van der Waals surface area contributed by atoms with E-state index >= 15 is 0 Å². The summed E-state index contributed by atoms with van der Waals surface area (Å²) in [5.41, 5.74) is 9.05. The molecule has 0 bridgehead atoms. The SMILES string of the molecule is Cc1cccc(Oc2ncnc(N)c2C(C)C)c1C. The zero-order valence-electron chi connectivity index (χ0n) is 11.8. The first kappa shape index (κ1) is 13.3. The van der Waals surface area contributed by atoms with Gasteiger partial charge < -0.3 is 10.5 Å². The van der Waals surface area contributed by atoms with Crippen LogP contribution in [0.15, 0.2) is 24.5 Å². The summed E-state index contributed by atoms with van der Waals surface area (Å²) in [5, 5.41) is 0. The van der Waals surface area contributed by atoms with E-state index in [1.54, 1.807) is 0 Å². The molecule has 0 saturated carbocycles. The van der Waals surface area contributed by atoms with E-state index in [-0.39, 0.29) is 5.92 Å². The average molecular weight is 257 g/mol. The van der Waals surface area contributed by atoms with Gasteiger partial charge in [-0.1, -0.05) is 26.0 Å². The van der Waals surface area contributed by atoms with Gasteiger partial charge in [0, 0.05) is 0 Å². The third-order valence-electron chi connectivity index (χ3n) is 3.22. The van der Waals surface area contributed by atoms with Crippen LogP contribution in [-0.2, 0) is 0 Å². The Hall–Kier alpha value is -2.10. The van der Waals surface area contributed by atoms with Gasteiger partial charge >= 0.3 is 0 Å². The molecule has 0 fully saturated rings. The van der Waals surface area contributed by atoms with Crippen molar-refractivity contribution in [2.75, 3.05) is 5.73 Å². The van der Waals surface area contributed by atoms with Crippen molar-refractivity contribution < 1.29 is 4.74 Å². The maximum absolute atomic E-state index is 5.93. The number of nitrogen functional groups attached to an aromatic ring is 1. The van der Waals surface area contributed by atoms with Crippen LogP contribution in [0.3, 0.4) is 0 Å². The fraction of sp³-hybridized carbons (Fsp3) is 0.333. The molecule has 0 spiro atoms. The zero-order chi connectivity index (χ0) is 14.0. The third kappa shape index (κ3) is 2.67. The first-order chi connectivity index (χ1) is 9.00. The fourth-order valence-corrected chi connectivity index (χ4v) is 1.96. The van der Waals surface area contributed by atoms with Crippen LogP contribution in [0.4, 0.5) is 5.82 Å². The smallest absolute Gasteiger partial charge is 0.227 e. The van der Waals surface area contributed by atoms with Gasteiger partial charge in [0.05, 0.1) is 5.56 Å². The van der Waals surface area contributed by atoms with Crippen LogP contribution >= 0.6 is 0 Å². The molecule has 0 aliphatic heterocycles. The van der Waals surface area contributed by atoms with E-state index in [0.29, 0.717) is 11.7 Å². The van der Waals surface area contributed by atoms with Crippen LogP contribution in [0.5, 0.6) is 11.6 Å². The Morgan fingerprint density at radius 2 is 1.89 bits per heavy atom. The number of ether oxygens (including phenoxy) is 1. The summed E-state index contributed by atoms with van der Waals surface area (Å²) >= 11 is 0. The highest BCUT2D eigenvalue weighted by Crippen LogP contribution is 2.33. The van der Waals surface area contributed by atoms with E-state index in [4.69, 9.17) is 10.5 Å². The number of benzene rings is 1. The summed E-state index contributed by atoms with van der Waals surface area (Å²) in [7, 11) is 0. The summed E-state index contributed by atoms with van der Waals surface area (Å²) in [5.74, 6) is 2.03. The summed E-state index contributed by atoms with van der Waals surface area (Å²) in [6.07, 6.45) is 1.43. The summed E-state index contributed by atoms with van der Waals surface area (Å²) in [6, 6.07) is 5.96. The maximum Gasteiger partial charge on any atom is 0.227 e. The predicted molar refractivity (Wildman–Crippen MR) is 76.5 cm³/mol. The number of rotatable bonds is 3. The molecular weight excluding hydrogens is 238 g/mol. The summed E-state index contributed by atoms with van der Waals surface area (Å²) in [6.45, 7) is 8.18. The molecule has 0 saturated heterocycles. The van der Waals surface area contributed by atoms with E-state index in [9.17, 15) is 0 Å². The molecule has 2 aromatic rings. The number of anilines is 1. The second-order valence-corrected chi connectivity index (χ2v) is 4.93. The van der Waals surface area contributed by atoms with Crippen molar-refractivity contribution in [3.63, 3.8) is 0 Å². The van der Waals surface area contributed by atoms with Crippen molar-refractivity contribution in [1.29, 1.82) is 0 Å². The zero-order valence-corrected chi connectivity index (χ0v) is 11.8. The van der Waals surface area contributed by atoms with Crippen molar-refractivity contribution in [2.24, 2.45) is 0 Å². The van der Waals surface area contributed by atoms with Crippen LogP contribution in [0, 0.1) is 13.8 Å². The highest BCUT2D eigenvalue weighted by Gasteiger charge is 2.15. The lowest BCUT2D eigenvalue weighted by Gasteiger charge is -2.15. The quantitative estimate of drug-likeness (QED) is 0.912. The first-order valence-electron chi connectivity index (χ1n) is 6.35. The van der Waals surface area contributed by atoms with Crippen LogP contribution in [0.1, 0.15) is 36.5 Å². The van der Waals surface area contributed by atoms with Crippen LogP contribution < -0.4 is 10.5 Å². The van der Waals surface area contributed by atoms with E-state index in [1.807, 2.05) is 32.9 Å². The lowest BCUT2D eigenvalue weighted by Crippen LogP contribution is -2.04. The number of hydrogen-bond donors (Lipinski definition) is 1. The fourth-order valence-electron chi connectivity index (χ4n) is 1.96. The van der Waals surface area contributed by atoms with Gasteiger partial charge in [0.25, 0.3) is 0 Å². The Morgan fingerprint density at radius 3 is 2.58 bits per heavy atom. The Kier molecular flexibility index (Phi) is 3.69. The largest absolute Gasteiger partial charge is 0.438 e. The molecule has 1 aromatic carbocycles. The van der Waals surface area contributed by atoms with Gasteiger partial charge in [-0.05, 0) is 37.0 Å². The van der Waals surface area contributed by atoms with Crippen molar-refractivity contribution in [2.45, 2.75) is 33.6 Å². The van der Waals surface area contributed by atoms with Crippen LogP contribution in [0.2, 0.25) is 0 Å². The van der Waals surface area contributed by atoms with Crippen molar-refractivity contribution in [1.82, 2.24) is 9.97 Å². The maximum atomic E-state index is 5.93. The van der Waals surface area contributed by atoms with Gasteiger partial charge in [-0.15, -0.1) is 0 Å². The van der Waals surface area contributed by atoms with Crippen LogP contribution in [-0.4, -0.2) is 9.97 Å². The molecule has 0 aliphatic rings. The number of hydrogen-bond acceptors (Lipinski definition) is 4. The first-order valence-corrected chi connectivity index (χ1v) is 6.35. The molecule has 0 amide bonds. The van der Waals surface area contributed by atoms with E-state index in [1.165, 1.54) is 11.9 Å². The number of aryl methyl sites for hydroxylation is 1. The predicted octanol–water partition coefficient (Wildman–Crippen LogP) is 3.59. The van der Waals surface area contributed by atoms with E-state index in [0.717, 1.165) is 16.9 Å². The van der Waals surface area contributed by atoms with Crippen molar-refractivity contribution >= 4 is 5.82 Å². The molecular formula is C15H19N3O. The minimum atomic E-state index is 0.210. The van der Waals surface area contributed by atoms with Crippen LogP contribution in [0.25, 0.3) is 0 Å². The van der Waals surface area contributed by atoms with Gasteiger partial charge in [0.1, 0.15) is 17.9 Å². The highest BCUT2D eigenvalue weighted by atomic mass is 16.5. The molecule has 4 nitrogen and oxygen atoms in total. The van der Waals surface area contributed by atoms with E-state index in [2.05, 4.69) is 23.0 Å². The molecule has 0 atom stereocenters. The molecule has 100 valence electrons. The topological polar surface area (TPSA) is 61.0 Å². The molecule has 0 unspecified atom stereocenters. The Labute approximate surface area is 113 Å². The monoisotopic (exact) mass is 257 g/mol. The minimum Gasteiger partial charge on any atom is -0.438 e. The third-order valence-corrected chi connectivity index (χ3v) is 3.22. The molecule has 1 heterocycles. The number of nitrogens with two attached hydrogens (primary N) is 1. The molecule has 4 heteroatoms. The summed E-state index contributed by atoms with van der Waals surface area (Å²) < 4.78 is 5.93. The molecule has 19 heavy (non-hydrogen) atoms. The van der Waals surface area contributed by atoms with Gasteiger partial charge in [-0.3, -0.25) is 0 Å². The lowest BCUT2D eigenvalue weighted by atomic mass is 10.1. The molecule has 2 rings (SSSR count). The Morgan fingerprint density at radius 1 is 1.16 bits per heavy atom.